The lowest BCUT2D eigenvalue weighted by molar-refractivity contribution is 0.245. The highest BCUT2D eigenvalue weighted by molar-refractivity contribution is 7.90. The normalized spacial score (nSPS) is 11.1. The first-order valence-electron chi connectivity index (χ1n) is 6.90. The van der Waals surface area contributed by atoms with Crippen LogP contribution in [0.2, 0.25) is 0 Å². The Bertz CT molecular complexity index is 818. The molecule has 0 heterocycles. The summed E-state index contributed by atoms with van der Waals surface area (Å²) in [6.45, 7) is 3.76. The second-order valence-electron chi connectivity index (χ2n) is 5.16. The molecule has 0 bridgehead atoms. The van der Waals surface area contributed by atoms with Gasteiger partial charge in [0, 0.05) is 6.54 Å². The van der Waals surface area contributed by atoms with Gasteiger partial charge in [0.25, 0.3) is 10.0 Å². The summed E-state index contributed by atoms with van der Waals surface area (Å²) in [6, 6.07) is 9.33. The molecule has 5 nitrogen and oxygen atoms in total. The summed E-state index contributed by atoms with van der Waals surface area (Å²) in [5.74, 6) is -0.379. The highest BCUT2D eigenvalue weighted by Gasteiger charge is 2.17. The second-order valence-corrected chi connectivity index (χ2v) is 6.84. The van der Waals surface area contributed by atoms with Crippen molar-refractivity contribution in [2.24, 2.45) is 0 Å². The van der Waals surface area contributed by atoms with Gasteiger partial charge in [-0.25, -0.2) is 22.3 Å². The molecule has 2 N–H and O–H groups in total. The Morgan fingerprint density at radius 2 is 1.70 bits per heavy atom. The molecule has 0 aliphatic heterocycles. The largest absolute Gasteiger partial charge is 0.333 e. The van der Waals surface area contributed by atoms with E-state index in [-0.39, 0.29) is 17.3 Å². The van der Waals surface area contributed by atoms with E-state index in [0.717, 1.165) is 11.1 Å². The van der Waals surface area contributed by atoms with Crippen LogP contribution >= 0.6 is 0 Å². The highest BCUT2D eigenvalue weighted by atomic mass is 32.2. The molecule has 2 aromatic carbocycles. The van der Waals surface area contributed by atoms with Crippen LogP contribution in [0.4, 0.5) is 9.18 Å². The molecule has 0 aliphatic rings. The number of benzene rings is 2. The summed E-state index contributed by atoms with van der Waals surface area (Å²) < 4.78 is 39.0. The third-order valence-corrected chi connectivity index (χ3v) is 4.71. The van der Waals surface area contributed by atoms with Crippen LogP contribution in [-0.4, -0.2) is 14.4 Å². The maximum absolute atomic E-state index is 12.8. The average molecular weight is 336 g/mol. The molecule has 2 amide bonds. The molecule has 122 valence electrons. The van der Waals surface area contributed by atoms with Crippen molar-refractivity contribution in [1.29, 1.82) is 0 Å². The fourth-order valence-corrected chi connectivity index (χ4v) is 2.90. The number of rotatable bonds is 4. The molecule has 0 aliphatic carbocycles. The Hall–Kier alpha value is -2.41. The van der Waals surface area contributed by atoms with Crippen molar-refractivity contribution in [3.63, 3.8) is 0 Å². The minimum atomic E-state index is -3.93. The molecule has 2 aromatic rings. The maximum Gasteiger partial charge on any atom is 0.328 e. The maximum atomic E-state index is 12.8. The zero-order valence-corrected chi connectivity index (χ0v) is 13.6. The van der Waals surface area contributed by atoms with Gasteiger partial charge in [0.1, 0.15) is 5.82 Å². The molecule has 0 radical (unpaired) electrons. The first-order chi connectivity index (χ1) is 10.8. The summed E-state index contributed by atoms with van der Waals surface area (Å²) in [5, 5.41) is 2.42. The molecular weight excluding hydrogens is 319 g/mol. The summed E-state index contributed by atoms with van der Waals surface area (Å²) in [7, 11) is -3.93. The van der Waals surface area contributed by atoms with Gasteiger partial charge in [-0.15, -0.1) is 0 Å². The summed E-state index contributed by atoms with van der Waals surface area (Å²) in [5.41, 5.74) is 2.44. The van der Waals surface area contributed by atoms with Gasteiger partial charge in [0.15, 0.2) is 0 Å². The van der Waals surface area contributed by atoms with E-state index in [1.54, 1.807) is 13.0 Å². The highest BCUT2D eigenvalue weighted by Crippen LogP contribution is 2.14. The number of urea groups is 1. The van der Waals surface area contributed by atoms with Crippen molar-refractivity contribution in [1.82, 2.24) is 10.0 Å². The minimum Gasteiger partial charge on any atom is -0.333 e. The van der Waals surface area contributed by atoms with Crippen LogP contribution in [0, 0.1) is 19.7 Å². The van der Waals surface area contributed by atoms with Crippen LogP contribution in [0.1, 0.15) is 16.7 Å². The summed E-state index contributed by atoms with van der Waals surface area (Å²) in [6.07, 6.45) is 0. The topological polar surface area (TPSA) is 75.3 Å². The van der Waals surface area contributed by atoms with Gasteiger partial charge in [-0.05, 0) is 54.8 Å². The van der Waals surface area contributed by atoms with E-state index in [0.29, 0.717) is 5.56 Å². The van der Waals surface area contributed by atoms with Crippen LogP contribution in [0.5, 0.6) is 0 Å². The number of carbonyl (C=O) groups excluding carboxylic acids is 1. The fourth-order valence-electron chi connectivity index (χ4n) is 1.88. The quantitative estimate of drug-likeness (QED) is 0.901. The van der Waals surface area contributed by atoms with Gasteiger partial charge in [-0.3, -0.25) is 0 Å². The molecule has 2 rings (SSSR count). The summed E-state index contributed by atoms with van der Waals surface area (Å²) >= 11 is 0. The molecule has 7 heteroatoms. The molecule has 0 atom stereocenters. The van der Waals surface area contributed by atoms with E-state index in [9.17, 15) is 17.6 Å². The number of carbonyl (C=O) groups is 1. The first kappa shape index (κ1) is 17.0. The van der Waals surface area contributed by atoms with Gasteiger partial charge >= 0.3 is 6.03 Å². The van der Waals surface area contributed by atoms with Crippen LogP contribution in [-0.2, 0) is 16.6 Å². The van der Waals surface area contributed by atoms with Crippen molar-refractivity contribution >= 4 is 16.1 Å². The average Bonchev–Trinajstić information content (AvgIpc) is 2.49. The molecule has 0 aromatic heterocycles. The van der Waals surface area contributed by atoms with Crippen LogP contribution in [0.25, 0.3) is 0 Å². The van der Waals surface area contributed by atoms with Crippen LogP contribution in [0.3, 0.4) is 0 Å². The van der Waals surface area contributed by atoms with Crippen molar-refractivity contribution in [2.45, 2.75) is 25.3 Å². The van der Waals surface area contributed by atoms with Gasteiger partial charge in [-0.2, -0.15) is 0 Å². The number of hydrogen-bond donors (Lipinski definition) is 2. The Morgan fingerprint density at radius 3 is 2.30 bits per heavy atom. The van der Waals surface area contributed by atoms with E-state index in [1.165, 1.54) is 36.4 Å². The Morgan fingerprint density at radius 1 is 1.04 bits per heavy atom. The van der Waals surface area contributed by atoms with Gasteiger partial charge < -0.3 is 5.32 Å². The Kier molecular flexibility index (Phi) is 5.00. The van der Waals surface area contributed by atoms with Gasteiger partial charge in [0.05, 0.1) is 4.90 Å². The van der Waals surface area contributed by atoms with E-state index >= 15 is 0 Å². The lowest BCUT2D eigenvalue weighted by atomic mass is 10.1. The molecule has 0 unspecified atom stereocenters. The number of nitrogens with one attached hydrogen (secondary N) is 2. The molecule has 0 fully saturated rings. The Balaban J connectivity index is 2.00. The monoisotopic (exact) mass is 336 g/mol. The van der Waals surface area contributed by atoms with Gasteiger partial charge in [0.2, 0.25) is 0 Å². The summed E-state index contributed by atoms with van der Waals surface area (Å²) in [4.78, 5) is 11.8. The number of aryl methyl sites for hydroxylation is 2. The predicted molar refractivity (Wildman–Crippen MR) is 84.9 cm³/mol. The van der Waals surface area contributed by atoms with Gasteiger partial charge in [-0.1, -0.05) is 18.2 Å². The molecule has 0 spiro atoms. The smallest absolute Gasteiger partial charge is 0.328 e. The van der Waals surface area contributed by atoms with Crippen molar-refractivity contribution in [3.05, 3.63) is 65.0 Å². The zero-order chi connectivity index (χ0) is 17.0. The number of hydrogen-bond acceptors (Lipinski definition) is 3. The predicted octanol–water partition coefficient (Wildman–Crippen LogP) is 2.63. The van der Waals surface area contributed by atoms with Crippen LogP contribution in [0.15, 0.2) is 47.4 Å². The Labute approximate surface area is 134 Å². The van der Waals surface area contributed by atoms with Crippen molar-refractivity contribution in [3.8, 4) is 0 Å². The molecule has 0 saturated carbocycles. The SMILES string of the molecule is Cc1ccc(S(=O)(=O)NC(=O)NCc2ccc(F)cc2)cc1C. The second kappa shape index (κ2) is 6.78. The van der Waals surface area contributed by atoms with Crippen LogP contribution < -0.4 is 10.0 Å². The minimum absolute atomic E-state index is 0.0255. The van der Waals surface area contributed by atoms with E-state index in [4.69, 9.17) is 0 Å². The van der Waals surface area contributed by atoms with Crippen molar-refractivity contribution < 1.29 is 17.6 Å². The molecular formula is C16H17FN2O3S. The van der Waals surface area contributed by atoms with Crippen molar-refractivity contribution in [2.75, 3.05) is 0 Å². The lowest BCUT2D eigenvalue weighted by Gasteiger charge is -2.10. The fraction of sp³-hybridized carbons (Fsp3) is 0.188. The standard InChI is InChI=1S/C16H17FN2O3S/c1-11-3-8-15(9-12(11)2)23(21,22)19-16(20)18-10-13-4-6-14(17)7-5-13/h3-9H,10H2,1-2H3,(H2,18,19,20). The van der Waals surface area contributed by atoms with E-state index in [2.05, 4.69) is 5.32 Å². The molecule has 23 heavy (non-hydrogen) atoms. The number of halogens is 1. The molecule has 0 saturated heterocycles. The number of sulfonamides is 1. The third-order valence-electron chi connectivity index (χ3n) is 3.38. The first-order valence-corrected chi connectivity index (χ1v) is 8.38. The number of amides is 2. The van der Waals surface area contributed by atoms with E-state index in [1.807, 2.05) is 11.6 Å². The third kappa shape index (κ3) is 4.53. The van der Waals surface area contributed by atoms with E-state index < -0.39 is 16.1 Å². The lowest BCUT2D eigenvalue weighted by Crippen LogP contribution is -2.39. The zero-order valence-electron chi connectivity index (χ0n) is 12.8.